The maximum Gasteiger partial charge on any atom is 0.254 e. The summed E-state index contributed by atoms with van der Waals surface area (Å²) in [4.78, 5) is 29.9. The first-order chi connectivity index (χ1) is 13.7. The molecule has 2 atom stereocenters. The molecule has 0 saturated heterocycles. The monoisotopic (exact) mass is 398 g/mol. The zero-order valence-corrected chi connectivity index (χ0v) is 16.9. The van der Waals surface area contributed by atoms with Crippen LogP contribution in [0.5, 0.6) is 0 Å². The number of hydrogen-bond acceptors (Lipinski definition) is 4. The van der Waals surface area contributed by atoms with Gasteiger partial charge in [-0.25, -0.2) is 0 Å². The van der Waals surface area contributed by atoms with Gasteiger partial charge in [-0.1, -0.05) is 37.1 Å². The predicted molar refractivity (Wildman–Crippen MR) is 110 cm³/mol. The molecule has 2 unspecified atom stereocenters. The highest BCUT2D eigenvalue weighted by molar-refractivity contribution is 7.10. The van der Waals surface area contributed by atoms with E-state index in [2.05, 4.69) is 5.32 Å². The molecule has 4 rings (SSSR count). The topological polar surface area (TPSA) is 58.6 Å². The lowest BCUT2D eigenvalue weighted by molar-refractivity contribution is -0.124. The summed E-state index contributed by atoms with van der Waals surface area (Å²) in [6, 6.07) is 11.6. The molecule has 1 N–H and O–H groups in total. The Morgan fingerprint density at radius 2 is 2.00 bits per heavy atom. The van der Waals surface area contributed by atoms with E-state index in [1.54, 1.807) is 18.4 Å². The summed E-state index contributed by atoms with van der Waals surface area (Å²) >= 11 is 1.62. The van der Waals surface area contributed by atoms with E-state index in [1.807, 2.05) is 46.7 Å². The van der Waals surface area contributed by atoms with Crippen LogP contribution >= 0.6 is 11.3 Å². The Hall–Kier alpha value is -2.18. The molecular formula is C22H26N2O3S. The molecule has 1 aromatic carbocycles. The summed E-state index contributed by atoms with van der Waals surface area (Å²) in [5.41, 5.74) is 1.49. The van der Waals surface area contributed by atoms with E-state index in [-0.39, 0.29) is 23.9 Å². The molecule has 2 amide bonds. The second-order valence-corrected chi connectivity index (χ2v) is 8.44. The Balaban J connectivity index is 1.80. The van der Waals surface area contributed by atoms with Gasteiger partial charge in [0.15, 0.2) is 0 Å². The van der Waals surface area contributed by atoms with Crippen LogP contribution in [0.25, 0.3) is 0 Å². The van der Waals surface area contributed by atoms with Gasteiger partial charge < -0.3 is 15.0 Å². The zero-order chi connectivity index (χ0) is 19.5. The first kappa shape index (κ1) is 19.2. The van der Waals surface area contributed by atoms with Crippen molar-refractivity contribution in [2.75, 3.05) is 20.3 Å². The van der Waals surface area contributed by atoms with Crippen molar-refractivity contribution in [1.29, 1.82) is 0 Å². The highest BCUT2D eigenvalue weighted by Gasteiger charge is 2.47. The molecule has 0 bridgehead atoms. The molecule has 1 aliphatic heterocycles. The lowest BCUT2D eigenvalue weighted by atomic mass is 9.80. The van der Waals surface area contributed by atoms with Gasteiger partial charge in [-0.05, 0) is 35.9 Å². The predicted octanol–water partition coefficient (Wildman–Crippen LogP) is 3.73. The van der Waals surface area contributed by atoms with Crippen LogP contribution in [0.2, 0.25) is 0 Å². The number of nitrogens with zero attached hydrogens (tertiary/aromatic N) is 1. The van der Waals surface area contributed by atoms with Gasteiger partial charge in [0.1, 0.15) is 0 Å². The number of methoxy groups -OCH3 is 1. The van der Waals surface area contributed by atoms with E-state index in [1.165, 1.54) is 0 Å². The molecule has 2 heterocycles. The van der Waals surface area contributed by atoms with Crippen molar-refractivity contribution in [3.63, 3.8) is 0 Å². The summed E-state index contributed by atoms with van der Waals surface area (Å²) in [5, 5.41) is 5.04. The highest BCUT2D eigenvalue weighted by atomic mass is 32.1. The molecule has 1 aliphatic carbocycles. The quantitative estimate of drug-likeness (QED) is 0.754. The van der Waals surface area contributed by atoms with Crippen LogP contribution in [-0.4, -0.2) is 43.0 Å². The van der Waals surface area contributed by atoms with Gasteiger partial charge in [-0.3, -0.25) is 9.59 Å². The molecule has 0 spiro atoms. The third-order valence-electron chi connectivity index (χ3n) is 5.82. The van der Waals surface area contributed by atoms with Crippen molar-refractivity contribution >= 4 is 23.2 Å². The summed E-state index contributed by atoms with van der Waals surface area (Å²) in [5.74, 6) is -0.398. The van der Waals surface area contributed by atoms with Gasteiger partial charge in [0.2, 0.25) is 5.91 Å². The van der Waals surface area contributed by atoms with Crippen LogP contribution in [0.1, 0.15) is 58.4 Å². The first-order valence-corrected chi connectivity index (χ1v) is 10.8. The summed E-state index contributed by atoms with van der Waals surface area (Å²) < 4.78 is 5.09. The SMILES string of the molecule is COCCNC(=O)C1c2ccccc2C(=O)N(C2CCCC2)C1c1cccs1. The van der Waals surface area contributed by atoms with Crippen LogP contribution in [0.15, 0.2) is 41.8 Å². The van der Waals surface area contributed by atoms with Gasteiger partial charge in [0.05, 0.1) is 18.6 Å². The van der Waals surface area contributed by atoms with Crippen LogP contribution in [0.3, 0.4) is 0 Å². The Kier molecular flexibility index (Phi) is 5.78. The molecule has 6 heteroatoms. The van der Waals surface area contributed by atoms with Crippen LogP contribution in [0.4, 0.5) is 0 Å². The van der Waals surface area contributed by atoms with E-state index < -0.39 is 5.92 Å². The van der Waals surface area contributed by atoms with E-state index >= 15 is 0 Å². The molecule has 1 saturated carbocycles. The second kappa shape index (κ2) is 8.45. The van der Waals surface area contributed by atoms with Gasteiger partial charge in [0, 0.05) is 30.1 Å². The Labute approximate surface area is 169 Å². The fourth-order valence-corrected chi connectivity index (χ4v) is 5.43. The lowest BCUT2D eigenvalue weighted by Gasteiger charge is -2.44. The van der Waals surface area contributed by atoms with Gasteiger partial charge in [-0.2, -0.15) is 0 Å². The summed E-state index contributed by atoms with van der Waals surface area (Å²) in [7, 11) is 1.62. The Morgan fingerprint density at radius 1 is 1.21 bits per heavy atom. The number of fused-ring (bicyclic) bond motifs is 1. The molecule has 2 aliphatic rings. The van der Waals surface area contributed by atoms with Crippen molar-refractivity contribution < 1.29 is 14.3 Å². The van der Waals surface area contributed by atoms with E-state index in [4.69, 9.17) is 4.74 Å². The van der Waals surface area contributed by atoms with Crippen molar-refractivity contribution in [3.05, 3.63) is 57.8 Å². The minimum Gasteiger partial charge on any atom is -0.383 e. The largest absolute Gasteiger partial charge is 0.383 e. The number of nitrogens with one attached hydrogen (secondary N) is 1. The lowest BCUT2D eigenvalue weighted by Crippen LogP contribution is -2.50. The number of thiophene rings is 1. The van der Waals surface area contributed by atoms with Crippen LogP contribution in [-0.2, 0) is 9.53 Å². The molecule has 1 fully saturated rings. The number of rotatable bonds is 6. The maximum absolute atomic E-state index is 13.5. The summed E-state index contributed by atoms with van der Waals surface area (Å²) in [6.45, 7) is 0.928. The third kappa shape index (κ3) is 3.47. The zero-order valence-electron chi connectivity index (χ0n) is 16.1. The average molecular weight is 399 g/mol. The minimum atomic E-state index is -0.412. The van der Waals surface area contributed by atoms with E-state index in [9.17, 15) is 9.59 Å². The Morgan fingerprint density at radius 3 is 2.71 bits per heavy atom. The minimum absolute atomic E-state index is 0.0432. The average Bonchev–Trinajstić information content (AvgIpc) is 3.42. The van der Waals surface area contributed by atoms with Gasteiger partial charge >= 0.3 is 0 Å². The van der Waals surface area contributed by atoms with Crippen molar-refractivity contribution in [3.8, 4) is 0 Å². The molecule has 1 aromatic heterocycles. The van der Waals surface area contributed by atoms with Crippen molar-refractivity contribution in [2.45, 2.75) is 43.7 Å². The second-order valence-electron chi connectivity index (χ2n) is 7.46. The standard InChI is InChI=1S/C22H26N2O3S/c1-27-13-12-23-21(25)19-16-9-4-5-10-17(16)22(26)24(15-7-2-3-8-15)20(19)18-11-6-14-28-18/h4-6,9-11,14-15,19-20H,2-3,7-8,12-13H2,1H3,(H,23,25). The number of ether oxygens (including phenoxy) is 1. The molecular weight excluding hydrogens is 372 g/mol. The first-order valence-electron chi connectivity index (χ1n) is 9.94. The normalized spacial score (nSPS) is 22.3. The molecule has 28 heavy (non-hydrogen) atoms. The number of amides is 2. The van der Waals surface area contributed by atoms with Crippen LogP contribution < -0.4 is 5.32 Å². The van der Waals surface area contributed by atoms with Crippen molar-refractivity contribution in [2.24, 2.45) is 0 Å². The molecule has 148 valence electrons. The maximum atomic E-state index is 13.5. The van der Waals surface area contributed by atoms with Crippen LogP contribution in [0, 0.1) is 0 Å². The van der Waals surface area contributed by atoms with Gasteiger partial charge in [-0.15, -0.1) is 11.3 Å². The molecule has 0 radical (unpaired) electrons. The van der Waals surface area contributed by atoms with E-state index in [0.29, 0.717) is 18.7 Å². The molecule has 2 aromatic rings. The smallest absolute Gasteiger partial charge is 0.254 e. The summed E-state index contributed by atoms with van der Waals surface area (Å²) in [6.07, 6.45) is 4.29. The Bertz CT molecular complexity index is 830. The number of carbonyl (C=O) groups excluding carboxylic acids is 2. The number of benzene rings is 1. The molecule has 5 nitrogen and oxygen atoms in total. The van der Waals surface area contributed by atoms with Crippen molar-refractivity contribution in [1.82, 2.24) is 10.2 Å². The third-order valence-corrected chi connectivity index (χ3v) is 6.76. The number of carbonyl (C=O) groups is 2. The van der Waals surface area contributed by atoms with E-state index in [0.717, 1.165) is 36.1 Å². The van der Waals surface area contributed by atoms with Gasteiger partial charge in [0.25, 0.3) is 5.91 Å². The number of hydrogen-bond donors (Lipinski definition) is 1. The highest BCUT2D eigenvalue weighted by Crippen LogP contribution is 2.47. The fraction of sp³-hybridized carbons (Fsp3) is 0.455. The fourth-order valence-electron chi connectivity index (χ4n) is 4.57.